The Kier molecular flexibility index (Phi) is 4.85. The Morgan fingerprint density at radius 2 is 2.21 bits per heavy atom. The van der Waals surface area contributed by atoms with Crippen LogP contribution < -0.4 is 5.73 Å². The summed E-state index contributed by atoms with van der Waals surface area (Å²) in [5.41, 5.74) is 6.05. The fourth-order valence-electron chi connectivity index (χ4n) is 1.97. The third kappa shape index (κ3) is 2.94. The lowest BCUT2D eigenvalue weighted by molar-refractivity contribution is -0.0451. The average Bonchev–Trinajstić information content (AvgIpc) is 2.27. The zero-order valence-corrected chi connectivity index (χ0v) is 9.70. The highest BCUT2D eigenvalue weighted by Gasteiger charge is 2.25. The molecule has 84 valence electrons. The molecule has 3 heteroatoms. The van der Waals surface area contributed by atoms with Crippen LogP contribution in [0.2, 0.25) is 0 Å². The molecule has 0 aliphatic carbocycles. The third-order valence-corrected chi connectivity index (χ3v) is 3.29. The molecule has 2 N–H and O–H groups in total. The molecule has 1 aliphatic heterocycles. The molecular formula is C11H24N2O. The molecule has 3 nitrogen and oxygen atoms in total. The van der Waals surface area contributed by atoms with E-state index in [2.05, 4.69) is 25.7 Å². The van der Waals surface area contributed by atoms with Gasteiger partial charge in [0.1, 0.15) is 0 Å². The minimum absolute atomic E-state index is 0.297. The predicted octanol–water partition coefficient (Wildman–Crippen LogP) is 1.22. The second kappa shape index (κ2) is 5.69. The van der Waals surface area contributed by atoms with Gasteiger partial charge in [0, 0.05) is 25.2 Å². The maximum atomic E-state index is 6.05. The second-order valence-corrected chi connectivity index (χ2v) is 4.21. The first-order chi connectivity index (χ1) is 6.69. The van der Waals surface area contributed by atoms with Crippen LogP contribution in [-0.4, -0.2) is 42.8 Å². The summed E-state index contributed by atoms with van der Waals surface area (Å²) in [6, 6.07) is 0.781. The molecule has 1 heterocycles. The first-order valence-corrected chi connectivity index (χ1v) is 5.80. The van der Waals surface area contributed by atoms with Crippen molar-refractivity contribution in [2.75, 3.05) is 19.7 Å². The number of morpholine rings is 1. The smallest absolute Gasteiger partial charge is 0.0700 e. The molecule has 0 aromatic heterocycles. The van der Waals surface area contributed by atoms with Crippen LogP contribution in [-0.2, 0) is 4.74 Å². The van der Waals surface area contributed by atoms with Gasteiger partial charge in [-0.3, -0.25) is 4.90 Å². The largest absolute Gasteiger partial charge is 0.376 e. The van der Waals surface area contributed by atoms with Gasteiger partial charge in [0.05, 0.1) is 12.7 Å². The predicted molar refractivity (Wildman–Crippen MR) is 59.3 cm³/mol. The molecule has 3 atom stereocenters. The summed E-state index contributed by atoms with van der Waals surface area (Å²) < 4.78 is 5.64. The van der Waals surface area contributed by atoms with Gasteiger partial charge in [0.15, 0.2) is 0 Å². The Morgan fingerprint density at radius 3 is 2.79 bits per heavy atom. The van der Waals surface area contributed by atoms with E-state index < -0.39 is 0 Å². The number of nitrogens with two attached hydrogens (primary N) is 1. The monoisotopic (exact) mass is 200 g/mol. The zero-order chi connectivity index (χ0) is 10.6. The standard InChI is InChI=1S/C11H24N2O/c1-4-10-8-13(6-7-14-10)9(3)11(12)5-2/h9-11H,4-8,12H2,1-3H3. The highest BCUT2D eigenvalue weighted by molar-refractivity contribution is 4.81. The Labute approximate surface area is 87.6 Å². The Hall–Kier alpha value is -0.120. The molecule has 0 amide bonds. The molecule has 1 aliphatic rings. The van der Waals surface area contributed by atoms with E-state index in [9.17, 15) is 0 Å². The van der Waals surface area contributed by atoms with Gasteiger partial charge in [0.25, 0.3) is 0 Å². The number of ether oxygens (including phenoxy) is 1. The summed E-state index contributed by atoms with van der Waals surface area (Å²) in [7, 11) is 0. The number of nitrogens with zero attached hydrogens (tertiary/aromatic N) is 1. The Bertz CT molecular complexity index is 161. The van der Waals surface area contributed by atoms with E-state index in [-0.39, 0.29) is 0 Å². The lowest BCUT2D eigenvalue weighted by atomic mass is 10.1. The maximum Gasteiger partial charge on any atom is 0.0700 e. The number of rotatable bonds is 4. The molecule has 1 rings (SSSR count). The zero-order valence-electron chi connectivity index (χ0n) is 9.70. The molecule has 0 bridgehead atoms. The summed E-state index contributed by atoms with van der Waals surface area (Å²) in [5.74, 6) is 0. The van der Waals surface area contributed by atoms with E-state index in [1.54, 1.807) is 0 Å². The van der Waals surface area contributed by atoms with Crippen LogP contribution in [0.4, 0.5) is 0 Å². The molecule has 1 saturated heterocycles. The molecule has 0 spiro atoms. The van der Waals surface area contributed by atoms with Gasteiger partial charge in [-0.15, -0.1) is 0 Å². The van der Waals surface area contributed by atoms with Crippen LogP contribution in [0.5, 0.6) is 0 Å². The second-order valence-electron chi connectivity index (χ2n) is 4.21. The van der Waals surface area contributed by atoms with Crippen LogP contribution in [0.25, 0.3) is 0 Å². The fraction of sp³-hybridized carbons (Fsp3) is 1.00. The van der Waals surface area contributed by atoms with Crippen molar-refractivity contribution < 1.29 is 4.74 Å². The van der Waals surface area contributed by atoms with Gasteiger partial charge in [-0.1, -0.05) is 13.8 Å². The highest BCUT2D eigenvalue weighted by Crippen LogP contribution is 2.13. The lowest BCUT2D eigenvalue weighted by Gasteiger charge is -2.38. The summed E-state index contributed by atoms with van der Waals surface area (Å²) in [5, 5.41) is 0. The van der Waals surface area contributed by atoms with E-state index in [0.717, 1.165) is 32.5 Å². The van der Waals surface area contributed by atoms with Gasteiger partial charge >= 0.3 is 0 Å². The Morgan fingerprint density at radius 1 is 1.50 bits per heavy atom. The third-order valence-electron chi connectivity index (χ3n) is 3.29. The molecule has 14 heavy (non-hydrogen) atoms. The Balaban J connectivity index is 2.42. The van der Waals surface area contributed by atoms with Crippen molar-refractivity contribution in [3.63, 3.8) is 0 Å². The van der Waals surface area contributed by atoms with Crippen molar-refractivity contribution >= 4 is 0 Å². The van der Waals surface area contributed by atoms with Crippen LogP contribution >= 0.6 is 0 Å². The molecule has 0 radical (unpaired) electrons. The first kappa shape index (κ1) is 12.0. The van der Waals surface area contributed by atoms with Crippen LogP contribution in [0, 0.1) is 0 Å². The minimum Gasteiger partial charge on any atom is -0.376 e. The van der Waals surface area contributed by atoms with Crippen molar-refractivity contribution in [1.82, 2.24) is 4.90 Å². The lowest BCUT2D eigenvalue weighted by Crippen LogP contribution is -2.52. The molecule has 0 aromatic carbocycles. The van der Waals surface area contributed by atoms with Crippen molar-refractivity contribution in [3.8, 4) is 0 Å². The van der Waals surface area contributed by atoms with Crippen molar-refractivity contribution in [1.29, 1.82) is 0 Å². The first-order valence-electron chi connectivity index (χ1n) is 5.80. The quantitative estimate of drug-likeness (QED) is 0.741. The molecular weight excluding hydrogens is 176 g/mol. The van der Waals surface area contributed by atoms with Crippen LogP contribution in [0.3, 0.4) is 0 Å². The van der Waals surface area contributed by atoms with E-state index in [1.165, 1.54) is 0 Å². The number of hydrogen-bond donors (Lipinski definition) is 1. The van der Waals surface area contributed by atoms with Gasteiger partial charge in [-0.2, -0.15) is 0 Å². The van der Waals surface area contributed by atoms with Crippen molar-refractivity contribution in [3.05, 3.63) is 0 Å². The van der Waals surface area contributed by atoms with Gasteiger partial charge in [0.2, 0.25) is 0 Å². The number of hydrogen-bond acceptors (Lipinski definition) is 3. The van der Waals surface area contributed by atoms with Gasteiger partial charge < -0.3 is 10.5 Å². The minimum atomic E-state index is 0.297. The van der Waals surface area contributed by atoms with E-state index in [4.69, 9.17) is 10.5 Å². The summed E-state index contributed by atoms with van der Waals surface area (Å²) in [6.45, 7) is 9.50. The van der Waals surface area contributed by atoms with Gasteiger partial charge in [-0.25, -0.2) is 0 Å². The van der Waals surface area contributed by atoms with Crippen LogP contribution in [0.1, 0.15) is 33.6 Å². The fourth-order valence-corrected chi connectivity index (χ4v) is 1.97. The summed E-state index contributed by atoms with van der Waals surface area (Å²) in [4.78, 5) is 2.46. The normalized spacial score (nSPS) is 28.7. The van der Waals surface area contributed by atoms with Crippen molar-refractivity contribution in [2.24, 2.45) is 5.73 Å². The van der Waals surface area contributed by atoms with E-state index in [1.807, 2.05) is 0 Å². The maximum absolute atomic E-state index is 6.05. The molecule has 1 fully saturated rings. The molecule has 0 saturated carbocycles. The van der Waals surface area contributed by atoms with E-state index >= 15 is 0 Å². The average molecular weight is 200 g/mol. The molecule has 0 aromatic rings. The SMILES string of the molecule is CCC1CN(C(C)C(N)CC)CCO1. The van der Waals surface area contributed by atoms with Crippen molar-refractivity contribution in [2.45, 2.75) is 51.8 Å². The topological polar surface area (TPSA) is 38.5 Å². The summed E-state index contributed by atoms with van der Waals surface area (Å²) in [6.07, 6.45) is 2.56. The molecule has 3 unspecified atom stereocenters. The van der Waals surface area contributed by atoms with E-state index in [0.29, 0.717) is 18.2 Å². The highest BCUT2D eigenvalue weighted by atomic mass is 16.5. The van der Waals surface area contributed by atoms with Gasteiger partial charge in [-0.05, 0) is 19.8 Å². The van der Waals surface area contributed by atoms with Crippen LogP contribution in [0.15, 0.2) is 0 Å². The summed E-state index contributed by atoms with van der Waals surface area (Å²) >= 11 is 0.